The van der Waals surface area contributed by atoms with Crippen LogP contribution in [0.4, 0.5) is 0 Å². The molecule has 0 aromatic rings. The van der Waals surface area contributed by atoms with Crippen molar-refractivity contribution in [2.75, 3.05) is 26.4 Å². The van der Waals surface area contributed by atoms with Crippen molar-refractivity contribution in [3.63, 3.8) is 0 Å². The zero-order valence-corrected chi connectivity index (χ0v) is 45.2. The summed E-state index contributed by atoms with van der Waals surface area (Å²) in [4.78, 5) is 48.3. The highest BCUT2D eigenvalue weighted by atomic mass is 31.2. The number of carbonyl (C=O) groups excluding carboxylic acids is 3. The van der Waals surface area contributed by atoms with E-state index in [0.29, 0.717) is 19.3 Å². The predicted octanol–water partition coefficient (Wildman–Crippen LogP) is 15.6. The minimum absolute atomic E-state index is 0.0803. The van der Waals surface area contributed by atoms with Crippen LogP contribution < -0.4 is 0 Å². The van der Waals surface area contributed by atoms with Crippen LogP contribution in [0.2, 0.25) is 0 Å². The monoisotopic (exact) mass is 1020 g/mol. The first-order valence-corrected chi connectivity index (χ1v) is 28.2. The molecule has 0 rings (SSSR count). The Morgan fingerprint density at radius 3 is 1.18 bits per heavy atom. The average molecular weight is 1020 g/mol. The highest BCUT2D eigenvalue weighted by molar-refractivity contribution is 7.47. The minimum atomic E-state index is -4.79. The van der Waals surface area contributed by atoms with Gasteiger partial charge in [-0.3, -0.25) is 23.4 Å². The second kappa shape index (κ2) is 52.7. The van der Waals surface area contributed by atoms with Gasteiger partial charge < -0.3 is 24.2 Å². The first-order chi connectivity index (χ1) is 35.2. The van der Waals surface area contributed by atoms with Gasteiger partial charge in [0.25, 0.3) is 0 Å². The zero-order chi connectivity index (χ0) is 52.7. The van der Waals surface area contributed by atoms with Gasteiger partial charge in [-0.05, 0) is 116 Å². The largest absolute Gasteiger partial charge is 0.472 e. The average Bonchev–Trinajstić information content (AvgIpc) is 3.37. The van der Waals surface area contributed by atoms with Crippen LogP contribution in [-0.2, 0) is 42.2 Å². The second-order valence-electron chi connectivity index (χ2n) is 16.9. The van der Waals surface area contributed by atoms with Crippen molar-refractivity contribution in [2.24, 2.45) is 0 Å². The summed E-state index contributed by atoms with van der Waals surface area (Å²) in [6.45, 7) is 4.08. The highest BCUT2D eigenvalue weighted by Crippen LogP contribution is 2.43. The van der Waals surface area contributed by atoms with Gasteiger partial charge in [-0.2, -0.15) is 0 Å². The number of aliphatic hydroxyl groups excluding tert-OH is 1. The van der Waals surface area contributed by atoms with Gasteiger partial charge >= 0.3 is 25.7 Å². The zero-order valence-electron chi connectivity index (χ0n) is 44.3. The molecule has 0 amide bonds. The molecule has 0 aliphatic carbocycles. The first-order valence-electron chi connectivity index (χ1n) is 26.7. The van der Waals surface area contributed by atoms with Crippen molar-refractivity contribution in [1.82, 2.24) is 0 Å². The lowest BCUT2D eigenvalue weighted by Gasteiger charge is -2.21. The van der Waals surface area contributed by atoms with Gasteiger partial charge in [0.1, 0.15) is 12.7 Å². The molecule has 72 heavy (non-hydrogen) atoms. The van der Waals surface area contributed by atoms with Gasteiger partial charge in [-0.1, -0.05) is 186 Å². The number of hydrogen-bond acceptors (Lipinski definition) is 10. The van der Waals surface area contributed by atoms with Crippen LogP contribution in [0.5, 0.6) is 0 Å². The Hall–Kier alpha value is -4.64. The van der Waals surface area contributed by atoms with E-state index in [4.69, 9.17) is 23.3 Å². The lowest BCUT2D eigenvalue weighted by Crippen LogP contribution is -2.30. The lowest BCUT2D eigenvalue weighted by atomic mass is 10.1. The Morgan fingerprint density at radius 2 is 0.736 bits per heavy atom. The van der Waals surface area contributed by atoms with Crippen molar-refractivity contribution in [3.05, 3.63) is 146 Å². The summed E-state index contributed by atoms with van der Waals surface area (Å²) in [6, 6.07) is 0. The number of rotatable bonds is 47. The molecule has 0 aliphatic rings. The summed E-state index contributed by atoms with van der Waals surface area (Å²) in [5, 5.41) is 9.79. The molecule has 0 spiro atoms. The van der Waals surface area contributed by atoms with Crippen molar-refractivity contribution in [1.29, 1.82) is 0 Å². The van der Waals surface area contributed by atoms with Gasteiger partial charge in [0.15, 0.2) is 6.10 Å². The molecule has 404 valence electrons. The molecule has 3 atom stereocenters. The molecule has 2 N–H and O–H groups in total. The topological polar surface area (TPSA) is 155 Å². The Kier molecular flexibility index (Phi) is 49.3. The number of ether oxygens (including phenoxy) is 3. The van der Waals surface area contributed by atoms with Crippen molar-refractivity contribution < 1.29 is 52.2 Å². The molecular weight excluding hydrogens is 928 g/mol. The molecule has 0 heterocycles. The van der Waals surface area contributed by atoms with E-state index in [1.807, 2.05) is 18.2 Å². The summed E-state index contributed by atoms with van der Waals surface area (Å²) in [5.74, 6) is -1.71. The molecule has 3 unspecified atom stereocenters. The van der Waals surface area contributed by atoms with E-state index in [9.17, 15) is 28.9 Å². The molecule has 0 aliphatic heterocycles. The highest BCUT2D eigenvalue weighted by Gasteiger charge is 2.28. The fourth-order valence-corrected chi connectivity index (χ4v) is 7.10. The number of allylic oxidation sites excluding steroid dienone is 23. The molecule has 0 bridgehead atoms. The van der Waals surface area contributed by atoms with Gasteiger partial charge in [0.2, 0.25) is 0 Å². The molecular formula is C60H93O11P. The number of phosphoric ester groups is 1. The maximum atomic E-state index is 12.9. The summed E-state index contributed by atoms with van der Waals surface area (Å²) >= 11 is 0. The number of esters is 3. The minimum Gasteiger partial charge on any atom is -0.462 e. The van der Waals surface area contributed by atoms with E-state index in [0.717, 1.165) is 116 Å². The quantitative estimate of drug-likeness (QED) is 0.0197. The molecule has 0 fully saturated rings. The Balaban J connectivity index is 4.94. The summed E-state index contributed by atoms with van der Waals surface area (Å²) in [5.41, 5.74) is 0. The molecule has 0 saturated carbocycles. The number of carbonyl (C=O) groups is 3. The Labute approximate surface area is 435 Å². The fraction of sp³-hybridized carbons (Fsp3) is 0.550. The number of hydrogen-bond donors (Lipinski definition) is 2. The predicted molar refractivity (Wildman–Crippen MR) is 297 cm³/mol. The lowest BCUT2D eigenvalue weighted by molar-refractivity contribution is -0.160. The van der Waals surface area contributed by atoms with Crippen LogP contribution in [0.15, 0.2) is 146 Å². The number of aliphatic hydroxyl groups is 1. The molecule has 11 nitrogen and oxygen atoms in total. The van der Waals surface area contributed by atoms with Gasteiger partial charge in [-0.15, -0.1) is 0 Å². The first kappa shape index (κ1) is 67.4. The van der Waals surface area contributed by atoms with Crippen LogP contribution >= 0.6 is 7.82 Å². The van der Waals surface area contributed by atoms with Crippen LogP contribution in [-0.4, -0.2) is 66.5 Å². The fourth-order valence-electron chi connectivity index (χ4n) is 6.32. The molecule has 12 heteroatoms. The second-order valence-corrected chi connectivity index (χ2v) is 18.4. The number of unbranched alkanes of at least 4 members (excludes halogenated alkanes) is 7. The third-order valence-corrected chi connectivity index (χ3v) is 11.2. The van der Waals surface area contributed by atoms with Gasteiger partial charge in [-0.25, -0.2) is 4.57 Å². The normalized spacial score (nSPS) is 14.6. The smallest absolute Gasteiger partial charge is 0.462 e. The molecule has 0 aromatic carbocycles. The Bertz CT molecular complexity index is 1760. The van der Waals surface area contributed by atoms with E-state index in [1.165, 1.54) is 0 Å². The van der Waals surface area contributed by atoms with Crippen LogP contribution in [0.25, 0.3) is 0 Å². The van der Waals surface area contributed by atoms with Crippen LogP contribution in [0.1, 0.15) is 175 Å². The van der Waals surface area contributed by atoms with E-state index in [2.05, 4.69) is 142 Å². The molecule has 0 aromatic heterocycles. The van der Waals surface area contributed by atoms with E-state index < -0.39 is 64.4 Å². The third-order valence-electron chi connectivity index (χ3n) is 10.3. The summed E-state index contributed by atoms with van der Waals surface area (Å²) in [6.07, 6.45) is 67.0. The molecule has 0 radical (unpaired) electrons. The molecule has 0 saturated heterocycles. The maximum absolute atomic E-state index is 12.9. The summed E-state index contributed by atoms with van der Waals surface area (Å²) in [7, 11) is -4.79. The van der Waals surface area contributed by atoms with E-state index >= 15 is 0 Å². The number of phosphoric acid groups is 1. The summed E-state index contributed by atoms with van der Waals surface area (Å²) < 4.78 is 39.2. The van der Waals surface area contributed by atoms with Gasteiger partial charge in [0.05, 0.1) is 26.2 Å². The van der Waals surface area contributed by atoms with Crippen molar-refractivity contribution >= 4 is 25.7 Å². The maximum Gasteiger partial charge on any atom is 0.472 e. The van der Waals surface area contributed by atoms with Crippen LogP contribution in [0.3, 0.4) is 0 Å². The van der Waals surface area contributed by atoms with Crippen molar-refractivity contribution in [2.45, 2.75) is 187 Å². The van der Waals surface area contributed by atoms with E-state index in [-0.39, 0.29) is 19.3 Å². The van der Waals surface area contributed by atoms with E-state index in [1.54, 1.807) is 6.08 Å². The van der Waals surface area contributed by atoms with Crippen LogP contribution in [0, 0.1) is 0 Å². The van der Waals surface area contributed by atoms with Gasteiger partial charge in [0, 0.05) is 12.8 Å². The standard InChI is InChI=1S/C60H93O11P/c1-4-7-10-13-16-19-22-25-28-31-34-37-40-43-46-49-58(62)67-53-57(71-60(64)51-48-45-42-39-36-33-30-27-24-21-18-15-12-9-6-3)55-69-72(65,66)68-54-56(52-61)70-59(63)50-47-44-41-38-35-32-29-26-23-20-17-14-11-8-5-2/h7-12,16-21,25-30,35-36,38-39,45,48,56-57,61H,4-6,13-15,22-24,31-34,37,40-44,46-47,49-55H2,1-3H3,(H,65,66)/b10-7-,11-8-,12-9-,19-16-,20-17-,21-18-,28-25-,29-26-,30-27-,38-35-,39-36-,48-45-. The SMILES string of the molecule is CC/C=C\C/C=C\C/C=C\C/C=C\C/C=C\CC(=O)OC(COC(=O)CCCCCCC/C=C\C/C=C\C/C=C\CC)COP(=O)(O)OCC(CO)OC(=O)CCCC/C=C\C/C=C\C/C=C\C/C=C\CC. The Morgan fingerprint density at radius 1 is 0.403 bits per heavy atom. The van der Waals surface area contributed by atoms with Crippen molar-refractivity contribution in [3.8, 4) is 0 Å². The third kappa shape index (κ3) is 50.3.